The topological polar surface area (TPSA) is 43.6 Å². The van der Waals surface area contributed by atoms with Gasteiger partial charge in [-0.3, -0.25) is 0 Å². The highest BCUT2D eigenvalue weighted by molar-refractivity contribution is 7.26. The number of aromatic nitrogens is 4. The van der Waals surface area contributed by atoms with Gasteiger partial charge >= 0.3 is 0 Å². The highest BCUT2D eigenvalue weighted by atomic mass is 32.1. The Bertz CT molecular complexity index is 3540. The van der Waals surface area contributed by atoms with Gasteiger partial charge in [-0.15, -0.1) is 11.3 Å². The molecule has 3 aromatic heterocycles. The lowest BCUT2D eigenvalue weighted by atomic mass is 9.96. The minimum Gasteiger partial charge on any atom is -0.308 e. The summed E-state index contributed by atoms with van der Waals surface area (Å²) in [5.74, 6) is 1.92. The summed E-state index contributed by atoms with van der Waals surface area (Å²) in [6.07, 6.45) is 0. The Morgan fingerprint density at radius 2 is 1.00 bits per heavy atom. The number of hydrogen-bond acceptors (Lipinski definition) is 4. The summed E-state index contributed by atoms with van der Waals surface area (Å²) in [4.78, 5) is 16.3. The maximum absolute atomic E-state index is 5.54. The van der Waals surface area contributed by atoms with Crippen LogP contribution in [0, 0.1) is 0 Å². The van der Waals surface area contributed by atoms with Gasteiger partial charge in [-0.05, 0) is 45.8 Å². The zero-order valence-electron chi connectivity index (χ0n) is 30.0. The maximum Gasteiger partial charge on any atom is 0.166 e. The largest absolute Gasteiger partial charge is 0.308 e. The monoisotopic (exact) mass is 730 g/mol. The third-order valence-corrected chi connectivity index (χ3v) is 12.4. The molecule has 0 spiro atoms. The number of benzene rings is 9. The average Bonchev–Trinajstić information content (AvgIpc) is 3.81. The summed E-state index contributed by atoms with van der Waals surface area (Å²) < 4.78 is 4.93. The van der Waals surface area contributed by atoms with Gasteiger partial charge in [0.1, 0.15) is 0 Å². The van der Waals surface area contributed by atoms with Crippen molar-refractivity contribution >= 4 is 85.6 Å². The van der Waals surface area contributed by atoms with Gasteiger partial charge in [0.25, 0.3) is 0 Å². The minimum absolute atomic E-state index is 0.638. The van der Waals surface area contributed by atoms with E-state index in [0.717, 1.165) is 55.0 Å². The molecule has 0 saturated heterocycles. The minimum atomic E-state index is 0.638. The number of rotatable bonds is 4. The highest BCUT2D eigenvalue weighted by Gasteiger charge is 2.27. The third kappa shape index (κ3) is 4.62. The lowest BCUT2D eigenvalue weighted by molar-refractivity contribution is 1.07. The predicted octanol–water partition coefficient (Wildman–Crippen LogP) is 13.8. The van der Waals surface area contributed by atoms with Gasteiger partial charge in [-0.25, -0.2) is 15.0 Å². The molecule has 0 amide bonds. The second-order valence-electron chi connectivity index (χ2n) is 14.3. The fourth-order valence-electron chi connectivity index (χ4n) is 8.71. The molecule has 0 N–H and O–H groups in total. The Morgan fingerprint density at radius 1 is 0.393 bits per heavy atom. The molecular formula is C51H30N4S. The highest BCUT2D eigenvalue weighted by Crippen LogP contribution is 2.49. The lowest BCUT2D eigenvalue weighted by Gasteiger charge is -2.19. The quantitative estimate of drug-likeness (QED) is 0.181. The van der Waals surface area contributed by atoms with Crippen LogP contribution in [0.25, 0.3) is 114 Å². The van der Waals surface area contributed by atoms with Crippen molar-refractivity contribution in [2.24, 2.45) is 0 Å². The van der Waals surface area contributed by atoms with E-state index in [0.29, 0.717) is 17.5 Å². The first kappa shape index (κ1) is 31.2. The smallest absolute Gasteiger partial charge is 0.166 e. The molecule has 0 aliphatic carbocycles. The van der Waals surface area contributed by atoms with Crippen molar-refractivity contribution in [2.45, 2.75) is 0 Å². The number of fused-ring (bicyclic) bond motifs is 10. The molecule has 260 valence electrons. The molecule has 4 nitrogen and oxygen atoms in total. The molecule has 0 radical (unpaired) electrons. The number of thiophene rings is 1. The van der Waals surface area contributed by atoms with Crippen molar-refractivity contribution in [1.29, 1.82) is 0 Å². The number of hydrogen-bond donors (Lipinski definition) is 0. The first-order valence-electron chi connectivity index (χ1n) is 18.9. The molecule has 0 unspecified atom stereocenters. The normalized spacial score (nSPS) is 11.9. The molecule has 0 aliphatic heterocycles. The summed E-state index contributed by atoms with van der Waals surface area (Å²) >= 11 is 1.84. The molecule has 56 heavy (non-hydrogen) atoms. The van der Waals surface area contributed by atoms with Gasteiger partial charge < -0.3 is 4.57 Å². The summed E-state index contributed by atoms with van der Waals surface area (Å²) in [5.41, 5.74) is 6.24. The predicted molar refractivity (Wildman–Crippen MR) is 236 cm³/mol. The van der Waals surface area contributed by atoms with Crippen molar-refractivity contribution in [2.75, 3.05) is 0 Å². The van der Waals surface area contributed by atoms with Crippen LogP contribution < -0.4 is 0 Å². The van der Waals surface area contributed by atoms with Crippen LogP contribution in [-0.2, 0) is 0 Å². The van der Waals surface area contributed by atoms with Crippen LogP contribution in [-0.4, -0.2) is 19.5 Å². The molecule has 9 aromatic carbocycles. The van der Waals surface area contributed by atoms with E-state index in [1.165, 1.54) is 41.7 Å². The van der Waals surface area contributed by atoms with Crippen LogP contribution in [0.1, 0.15) is 0 Å². The molecule has 0 fully saturated rings. The maximum atomic E-state index is 5.54. The summed E-state index contributed by atoms with van der Waals surface area (Å²) in [6, 6.07) is 64.9. The van der Waals surface area contributed by atoms with Crippen LogP contribution in [0.2, 0.25) is 0 Å². The average molecular weight is 731 g/mol. The van der Waals surface area contributed by atoms with E-state index in [-0.39, 0.29) is 0 Å². The fraction of sp³-hybridized carbons (Fsp3) is 0. The molecular weight excluding hydrogens is 701 g/mol. The van der Waals surface area contributed by atoms with Gasteiger partial charge in [0.05, 0.1) is 22.3 Å². The van der Waals surface area contributed by atoms with Crippen LogP contribution >= 0.6 is 11.3 Å². The van der Waals surface area contributed by atoms with E-state index in [1.807, 2.05) is 29.5 Å². The molecule has 3 heterocycles. The SMILES string of the molecule is c1ccc(-c2nc(-c3cccc4ccccc34)nc(-c3c(-n4c5ccccc5c5cc6ccccc6cc54)c4ccccc4c4sc5ccccc5c34)n2)cc1. The Morgan fingerprint density at radius 3 is 1.84 bits per heavy atom. The molecule has 0 saturated carbocycles. The Kier molecular flexibility index (Phi) is 6.76. The molecule has 0 aliphatic rings. The van der Waals surface area contributed by atoms with E-state index in [9.17, 15) is 0 Å². The van der Waals surface area contributed by atoms with Gasteiger partial charge in [0.2, 0.25) is 0 Å². The van der Waals surface area contributed by atoms with Crippen molar-refractivity contribution in [1.82, 2.24) is 19.5 Å². The fourth-order valence-corrected chi connectivity index (χ4v) is 9.96. The van der Waals surface area contributed by atoms with Crippen LogP contribution in [0.3, 0.4) is 0 Å². The first-order valence-corrected chi connectivity index (χ1v) is 19.7. The zero-order chi connectivity index (χ0) is 36.7. The Balaban J connectivity index is 1.31. The van der Waals surface area contributed by atoms with E-state index in [2.05, 4.69) is 168 Å². The van der Waals surface area contributed by atoms with E-state index in [4.69, 9.17) is 15.0 Å². The van der Waals surface area contributed by atoms with E-state index in [1.54, 1.807) is 0 Å². The second kappa shape index (κ2) is 12.2. The third-order valence-electron chi connectivity index (χ3n) is 11.2. The van der Waals surface area contributed by atoms with Gasteiger partial charge in [0.15, 0.2) is 17.5 Å². The lowest BCUT2D eigenvalue weighted by Crippen LogP contribution is -2.05. The summed E-state index contributed by atoms with van der Waals surface area (Å²) in [6.45, 7) is 0. The first-order chi connectivity index (χ1) is 27.8. The molecule has 5 heteroatoms. The van der Waals surface area contributed by atoms with Crippen LogP contribution in [0.15, 0.2) is 182 Å². The zero-order valence-corrected chi connectivity index (χ0v) is 30.8. The number of para-hydroxylation sites is 1. The number of nitrogens with zero attached hydrogens (tertiary/aromatic N) is 4. The second-order valence-corrected chi connectivity index (χ2v) is 15.4. The standard InChI is InChI=1S/C51H30N4S/c1-2-16-32(17-3-1)49-52-50(39-26-14-20-31-15-6-7-21-35(31)39)54-51(53-49)46-45-40-25-11-13-28-44(40)56-48(45)38-24-9-8-23-37(38)47(46)55-42-27-12-10-22-36(42)41-29-33-18-4-5-19-34(33)30-43(41)55/h1-30H. The van der Waals surface area contributed by atoms with Crippen molar-refractivity contribution in [3.05, 3.63) is 182 Å². The van der Waals surface area contributed by atoms with Crippen molar-refractivity contribution < 1.29 is 0 Å². The van der Waals surface area contributed by atoms with Crippen LogP contribution in [0.4, 0.5) is 0 Å². The van der Waals surface area contributed by atoms with Gasteiger partial charge in [-0.2, -0.15) is 0 Å². The van der Waals surface area contributed by atoms with Crippen LogP contribution in [0.5, 0.6) is 0 Å². The molecule has 0 bridgehead atoms. The van der Waals surface area contributed by atoms with E-state index >= 15 is 0 Å². The molecule has 12 aromatic rings. The Labute approximate surface area is 325 Å². The molecule has 0 atom stereocenters. The summed E-state index contributed by atoms with van der Waals surface area (Å²) in [5, 5.41) is 11.8. The Hall–Kier alpha value is -7.21. The van der Waals surface area contributed by atoms with Gasteiger partial charge in [-0.1, -0.05) is 158 Å². The van der Waals surface area contributed by atoms with Gasteiger partial charge in [0, 0.05) is 52.8 Å². The summed E-state index contributed by atoms with van der Waals surface area (Å²) in [7, 11) is 0. The molecule has 12 rings (SSSR count). The van der Waals surface area contributed by atoms with Crippen molar-refractivity contribution in [3.8, 4) is 39.9 Å². The van der Waals surface area contributed by atoms with Crippen molar-refractivity contribution in [3.63, 3.8) is 0 Å². The van der Waals surface area contributed by atoms with E-state index < -0.39 is 0 Å².